The van der Waals surface area contributed by atoms with E-state index in [-0.39, 0.29) is 22.9 Å². The van der Waals surface area contributed by atoms with Crippen LogP contribution >= 0.6 is 0 Å². The average Bonchev–Trinajstić information content (AvgIpc) is 2.86. The second-order valence-electron chi connectivity index (χ2n) is 5.83. The minimum absolute atomic E-state index is 0.0603. The van der Waals surface area contributed by atoms with Crippen molar-refractivity contribution >= 4 is 27.1 Å². The molecule has 0 bridgehead atoms. The SMILES string of the molecule is CCOC(=O)c1ccc(OS(=O)(=O)c2ccc3c(c2)n(C)c(=O)n3C)cc1. The Morgan fingerprint density at radius 2 is 1.63 bits per heavy atom. The molecule has 0 spiro atoms. The summed E-state index contributed by atoms with van der Waals surface area (Å²) >= 11 is 0. The van der Waals surface area contributed by atoms with E-state index in [1.165, 1.54) is 45.5 Å². The first kappa shape index (κ1) is 18.7. The van der Waals surface area contributed by atoms with Gasteiger partial charge >= 0.3 is 21.8 Å². The number of benzene rings is 2. The highest BCUT2D eigenvalue weighted by atomic mass is 32.2. The van der Waals surface area contributed by atoms with Crippen LogP contribution in [0.4, 0.5) is 0 Å². The first-order valence-corrected chi connectivity index (χ1v) is 9.52. The molecule has 9 heteroatoms. The molecule has 1 heterocycles. The Kier molecular flexibility index (Phi) is 4.79. The molecule has 0 N–H and O–H groups in total. The number of hydrogen-bond donors (Lipinski definition) is 0. The third kappa shape index (κ3) is 3.45. The largest absolute Gasteiger partial charge is 0.462 e. The van der Waals surface area contributed by atoms with Crippen LogP contribution in [0.1, 0.15) is 17.3 Å². The van der Waals surface area contributed by atoms with Crippen LogP contribution in [-0.4, -0.2) is 30.1 Å². The van der Waals surface area contributed by atoms with Gasteiger partial charge in [0.2, 0.25) is 0 Å². The second-order valence-corrected chi connectivity index (χ2v) is 7.38. The van der Waals surface area contributed by atoms with Crippen LogP contribution in [0, 0.1) is 0 Å². The number of aryl methyl sites for hydroxylation is 2. The van der Waals surface area contributed by atoms with Crippen molar-refractivity contribution in [1.82, 2.24) is 9.13 Å². The standard InChI is InChI=1S/C18H18N2O6S/c1-4-25-17(21)12-5-7-13(8-6-12)26-27(23,24)14-9-10-15-16(11-14)20(3)18(22)19(15)2/h5-11H,4H2,1-3H3. The molecule has 0 saturated heterocycles. The molecule has 27 heavy (non-hydrogen) atoms. The van der Waals surface area contributed by atoms with Gasteiger partial charge in [-0.2, -0.15) is 8.42 Å². The number of carbonyl (C=O) groups is 1. The zero-order valence-electron chi connectivity index (χ0n) is 15.0. The normalized spacial score (nSPS) is 11.5. The summed E-state index contributed by atoms with van der Waals surface area (Å²) in [4.78, 5) is 23.5. The number of esters is 1. The summed E-state index contributed by atoms with van der Waals surface area (Å²) in [5.74, 6) is -0.438. The van der Waals surface area contributed by atoms with Gasteiger partial charge in [0, 0.05) is 14.1 Å². The average molecular weight is 390 g/mol. The fourth-order valence-corrected chi connectivity index (χ4v) is 3.63. The number of nitrogens with zero attached hydrogens (tertiary/aromatic N) is 2. The number of rotatable bonds is 5. The van der Waals surface area contributed by atoms with Crippen molar-refractivity contribution < 1.29 is 22.1 Å². The van der Waals surface area contributed by atoms with E-state index in [2.05, 4.69) is 0 Å². The van der Waals surface area contributed by atoms with E-state index >= 15 is 0 Å². The number of carbonyl (C=O) groups excluding carboxylic acids is 1. The third-order valence-corrected chi connectivity index (χ3v) is 5.35. The van der Waals surface area contributed by atoms with E-state index in [4.69, 9.17) is 8.92 Å². The molecule has 0 aliphatic rings. The number of aromatic nitrogens is 2. The lowest BCUT2D eigenvalue weighted by molar-refractivity contribution is 0.0526. The molecule has 142 valence electrons. The van der Waals surface area contributed by atoms with E-state index in [1.54, 1.807) is 27.1 Å². The highest BCUT2D eigenvalue weighted by Gasteiger charge is 2.19. The van der Waals surface area contributed by atoms with Gasteiger partial charge in [0.1, 0.15) is 10.6 Å². The lowest BCUT2D eigenvalue weighted by atomic mass is 10.2. The molecule has 2 aromatic carbocycles. The number of ether oxygens (including phenoxy) is 1. The Morgan fingerprint density at radius 1 is 1.00 bits per heavy atom. The van der Waals surface area contributed by atoms with Gasteiger partial charge in [-0.3, -0.25) is 9.13 Å². The van der Waals surface area contributed by atoms with Gasteiger partial charge in [-0.1, -0.05) is 0 Å². The molecule has 0 aliphatic carbocycles. The van der Waals surface area contributed by atoms with Crippen molar-refractivity contribution in [2.45, 2.75) is 11.8 Å². The Bertz CT molecular complexity index is 1170. The summed E-state index contributed by atoms with van der Waals surface area (Å²) < 4.78 is 37.9. The monoisotopic (exact) mass is 390 g/mol. The molecule has 0 aliphatic heterocycles. The minimum Gasteiger partial charge on any atom is -0.462 e. The highest BCUT2D eigenvalue weighted by molar-refractivity contribution is 7.87. The smallest absolute Gasteiger partial charge is 0.339 e. The molecule has 3 aromatic rings. The van der Waals surface area contributed by atoms with Gasteiger partial charge in [0.25, 0.3) is 0 Å². The molecular formula is C18H18N2O6S. The van der Waals surface area contributed by atoms with Crippen LogP contribution in [0.25, 0.3) is 11.0 Å². The molecule has 1 aromatic heterocycles. The molecule has 0 radical (unpaired) electrons. The third-order valence-electron chi connectivity index (χ3n) is 4.10. The second kappa shape index (κ2) is 6.92. The van der Waals surface area contributed by atoms with Crippen molar-refractivity contribution in [1.29, 1.82) is 0 Å². The van der Waals surface area contributed by atoms with Gasteiger partial charge in [-0.05, 0) is 49.4 Å². The number of imidazole rings is 1. The van der Waals surface area contributed by atoms with Crippen LogP contribution in [0.5, 0.6) is 5.75 Å². The van der Waals surface area contributed by atoms with Gasteiger partial charge < -0.3 is 8.92 Å². The van der Waals surface area contributed by atoms with Crippen LogP contribution in [0.15, 0.2) is 52.2 Å². The molecule has 3 rings (SSSR count). The minimum atomic E-state index is -4.11. The van der Waals surface area contributed by atoms with E-state index < -0.39 is 16.1 Å². The van der Waals surface area contributed by atoms with Crippen LogP contribution in [-0.2, 0) is 29.0 Å². The molecular weight excluding hydrogens is 372 g/mol. The maximum atomic E-state index is 12.6. The summed E-state index contributed by atoms with van der Waals surface area (Å²) in [5.41, 5.74) is 1.13. The van der Waals surface area contributed by atoms with E-state index in [1.807, 2.05) is 0 Å². The summed E-state index contributed by atoms with van der Waals surface area (Å²) in [6.07, 6.45) is 0. The fourth-order valence-electron chi connectivity index (χ4n) is 2.68. The van der Waals surface area contributed by atoms with Crippen LogP contribution in [0.2, 0.25) is 0 Å². The highest BCUT2D eigenvalue weighted by Crippen LogP contribution is 2.22. The van der Waals surface area contributed by atoms with Crippen molar-refractivity contribution in [2.24, 2.45) is 14.1 Å². The van der Waals surface area contributed by atoms with E-state index in [0.717, 1.165) is 0 Å². The first-order chi connectivity index (χ1) is 12.7. The van der Waals surface area contributed by atoms with Crippen molar-refractivity contribution in [3.63, 3.8) is 0 Å². The van der Waals surface area contributed by atoms with Gasteiger partial charge in [0.05, 0.1) is 23.2 Å². The lowest BCUT2D eigenvalue weighted by Crippen LogP contribution is -2.19. The zero-order chi connectivity index (χ0) is 19.8. The summed E-state index contributed by atoms with van der Waals surface area (Å²) in [6.45, 7) is 1.94. The Morgan fingerprint density at radius 3 is 2.26 bits per heavy atom. The molecule has 0 amide bonds. The molecule has 0 unspecified atom stereocenters. The Hall–Kier alpha value is -3.07. The number of hydrogen-bond acceptors (Lipinski definition) is 6. The summed E-state index contributed by atoms with van der Waals surface area (Å²) in [6, 6.07) is 9.92. The quantitative estimate of drug-likeness (QED) is 0.487. The predicted octanol–water partition coefficient (Wildman–Crippen LogP) is 1.82. The molecule has 0 saturated carbocycles. The van der Waals surface area contributed by atoms with Crippen molar-refractivity contribution in [3.8, 4) is 5.75 Å². The molecule has 0 fully saturated rings. The topological polar surface area (TPSA) is 96.6 Å². The fraction of sp³-hybridized carbons (Fsp3) is 0.222. The maximum absolute atomic E-state index is 12.6. The Labute approximate surface area is 155 Å². The lowest BCUT2D eigenvalue weighted by Gasteiger charge is -2.08. The van der Waals surface area contributed by atoms with Gasteiger partial charge in [0.15, 0.2) is 0 Å². The summed E-state index contributed by atoms with van der Waals surface area (Å²) in [5, 5.41) is 0. The van der Waals surface area contributed by atoms with Gasteiger partial charge in [-0.15, -0.1) is 0 Å². The Balaban J connectivity index is 1.91. The first-order valence-electron chi connectivity index (χ1n) is 8.11. The molecule has 0 atom stereocenters. The predicted molar refractivity (Wildman–Crippen MR) is 98.4 cm³/mol. The van der Waals surface area contributed by atoms with Crippen LogP contribution in [0.3, 0.4) is 0 Å². The molecule has 8 nitrogen and oxygen atoms in total. The summed E-state index contributed by atoms with van der Waals surface area (Å²) in [7, 11) is -0.932. The number of fused-ring (bicyclic) bond motifs is 1. The zero-order valence-corrected chi connectivity index (χ0v) is 15.8. The van der Waals surface area contributed by atoms with E-state index in [0.29, 0.717) is 16.6 Å². The van der Waals surface area contributed by atoms with Gasteiger partial charge in [-0.25, -0.2) is 9.59 Å². The van der Waals surface area contributed by atoms with E-state index in [9.17, 15) is 18.0 Å². The van der Waals surface area contributed by atoms with Crippen molar-refractivity contribution in [2.75, 3.05) is 6.61 Å². The van der Waals surface area contributed by atoms with Crippen LogP contribution < -0.4 is 9.87 Å². The van der Waals surface area contributed by atoms with Crippen molar-refractivity contribution in [3.05, 3.63) is 58.5 Å². The maximum Gasteiger partial charge on any atom is 0.339 e.